The Balaban J connectivity index is 1.37. The van der Waals surface area contributed by atoms with Gasteiger partial charge in [-0.05, 0) is 0 Å². The van der Waals surface area contributed by atoms with Crippen molar-refractivity contribution in [3.05, 3.63) is 0 Å². The number of rotatable bonds is 20. The highest BCUT2D eigenvalue weighted by molar-refractivity contribution is 7.81. The zero-order valence-corrected chi connectivity index (χ0v) is 40.0. The van der Waals surface area contributed by atoms with Crippen LogP contribution in [0.2, 0.25) is 0 Å². The number of carbonyl (C=O) groups is 3. The van der Waals surface area contributed by atoms with Gasteiger partial charge in [0.05, 0.1) is 33.0 Å². The van der Waals surface area contributed by atoms with E-state index in [0.29, 0.717) is 0 Å². The van der Waals surface area contributed by atoms with Crippen molar-refractivity contribution in [1.29, 1.82) is 0 Å². The Hall–Kier alpha value is -2.69. The van der Waals surface area contributed by atoms with Crippen LogP contribution in [0, 0.1) is 0 Å². The van der Waals surface area contributed by atoms with E-state index in [0.717, 1.165) is 20.8 Å². The summed E-state index contributed by atoms with van der Waals surface area (Å²) < 4.78 is 124. The second kappa shape index (κ2) is 25.6. The van der Waals surface area contributed by atoms with Gasteiger partial charge in [-0.3, -0.25) is 23.5 Å². The molecule has 5 heterocycles. The lowest BCUT2D eigenvalue weighted by molar-refractivity contribution is -0.361. The minimum absolute atomic E-state index is 0.841. The Labute approximate surface area is 413 Å². The first-order valence-corrected chi connectivity index (χ1v) is 24.6. The molecule has 5 aliphatic heterocycles. The highest BCUT2D eigenvalue weighted by Gasteiger charge is 2.57. The van der Waals surface area contributed by atoms with Crippen LogP contribution >= 0.6 is 0 Å². The van der Waals surface area contributed by atoms with Crippen LogP contribution in [0.25, 0.3) is 0 Å². The van der Waals surface area contributed by atoms with Gasteiger partial charge in [-0.1, -0.05) is 0 Å². The van der Waals surface area contributed by atoms with Gasteiger partial charge in [-0.2, -0.15) is 16.8 Å². The Morgan fingerprint density at radius 2 is 0.767 bits per heavy atom. The summed E-state index contributed by atoms with van der Waals surface area (Å²) in [5, 5.41) is 136. The van der Waals surface area contributed by atoms with Gasteiger partial charge in [0.15, 0.2) is 31.5 Å². The van der Waals surface area contributed by atoms with Gasteiger partial charge in [0.25, 0.3) is 0 Å². The molecule has 0 spiro atoms. The first kappa shape index (κ1) is 61.2. The Bertz CT molecular complexity index is 2070. The number of nitrogens with one attached hydrogen (secondary N) is 3. The molecule has 5 fully saturated rings. The summed E-state index contributed by atoms with van der Waals surface area (Å²) in [6, 6.07) is -5.28. The molecule has 25 atom stereocenters. The van der Waals surface area contributed by atoms with Crippen LogP contribution in [-0.2, 0) is 86.2 Å². The van der Waals surface area contributed by atoms with Gasteiger partial charge in [0.2, 0.25) is 17.7 Å². The summed E-state index contributed by atoms with van der Waals surface area (Å²) in [5.74, 6) is -2.57. The average Bonchev–Trinajstić information content (AvgIpc) is 3.29. The van der Waals surface area contributed by atoms with Gasteiger partial charge < -0.3 is 120 Å². The number of aliphatic hydroxyl groups excluding tert-OH is 12. The van der Waals surface area contributed by atoms with Crippen LogP contribution in [0.4, 0.5) is 0 Å². The second-order valence-electron chi connectivity index (χ2n) is 17.2. The number of carbonyl (C=O) groups excluding carboxylic acids is 3. The summed E-state index contributed by atoms with van der Waals surface area (Å²) in [7, 11) is -10.7. The summed E-state index contributed by atoms with van der Waals surface area (Å²) in [5.41, 5.74) is 0. The van der Waals surface area contributed by atoms with Crippen molar-refractivity contribution < 1.29 is 153 Å². The molecule has 5 saturated heterocycles. The number of aliphatic hydroxyl groups is 12. The average molecular weight is 1110 g/mol. The smallest absolute Gasteiger partial charge is 0.394 e. The summed E-state index contributed by atoms with van der Waals surface area (Å²) >= 11 is 0. The Kier molecular flexibility index (Phi) is 21.5. The van der Waals surface area contributed by atoms with Crippen molar-refractivity contribution in [1.82, 2.24) is 16.0 Å². The lowest BCUT2D eigenvalue weighted by atomic mass is 9.93. The van der Waals surface area contributed by atoms with Crippen molar-refractivity contribution in [2.24, 2.45) is 0 Å². The molecule has 0 aromatic carbocycles. The fraction of sp³-hybridized carbons (Fsp3) is 0.917. The monoisotopic (exact) mass is 1110 g/mol. The molecule has 0 aromatic heterocycles. The van der Waals surface area contributed by atoms with E-state index < -0.39 is 225 Å². The van der Waals surface area contributed by atoms with Crippen LogP contribution in [0.5, 0.6) is 0 Å². The number of hydrogen-bond acceptors (Lipinski definition) is 30. The van der Waals surface area contributed by atoms with Gasteiger partial charge in [-0.15, -0.1) is 0 Å². The number of hydrogen-bond donors (Lipinski definition) is 17. The SMILES string of the molecule is CC(=O)N[C@@H]1[C@@H](O[C@@H]2O[C@H](CO)[C@@H](O[C@@H]3O[C@H](CO)[C@H](O)[C@H](OS(=O)(=O)O)[C@H]3O)[C@H](O)[C@H]2NC(C)=O)[C@@H](O)[C@@H](CO[C@@H]2O[C@H](CO)[C@@H](O[C@@H]3O[C@H](CO)[C@H](O)[C@H](OS(=O)(=O)O)[C@H]3O)[C@H](O)[C@H]2NC(C)=O)O[C@@H]1O. The third-order valence-corrected chi connectivity index (χ3v) is 12.8. The number of ether oxygens (including phenoxy) is 9. The van der Waals surface area contributed by atoms with Crippen molar-refractivity contribution in [2.75, 3.05) is 33.0 Å². The molecule has 0 radical (unpaired) electrons. The van der Waals surface area contributed by atoms with Crippen LogP contribution in [0.3, 0.4) is 0 Å². The number of amides is 3. The zero-order valence-electron chi connectivity index (χ0n) is 38.4. The molecule has 37 heteroatoms. The minimum Gasteiger partial charge on any atom is -0.394 e. The van der Waals surface area contributed by atoms with E-state index in [9.17, 15) is 102 Å². The van der Waals surface area contributed by atoms with Crippen LogP contribution < -0.4 is 16.0 Å². The molecule has 0 bridgehead atoms. The fourth-order valence-corrected chi connectivity index (χ4v) is 9.64. The molecular weight excluding hydrogens is 1050 g/mol. The van der Waals surface area contributed by atoms with E-state index in [2.05, 4.69) is 24.3 Å². The summed E-state index contributed by atoms with van der Waals surface area (Å²) in [6.07, 6.45) is -44.1. The highest BCUT2D eigenvalue weighted by atomic mass is 32.3. The lowest BCUT2D eigenvalue weighted by Gasteiger charge is -2.50. The molecule has 0 unspecified atom stereocenters. The third kappa shape index (κ3) is 15.1. The Morgan fingerprint density at radius 3 is 1.15 bits per heavy atom. The van der Waals surface area contributed by atoms with Crippen molar-refractivity contribution in [2.45, 2.75) is 174 Å². The van der Waals surface area contributed by atoms with Gasteiger partial charge in [-0.25, -0.2) is 8.37 Å². The maximum absolute atomic E-state index is 12.5. The predicted molar refractivity (Wildman–Crippen MR) is 222 cm³/mol. The highest BCUT2D eigenvalue weighted by Crippen LogP contribution is 2.35. The predicted octanol–water partition coefficient (Wildman–Crippen LogP) is -11.8. The molecule has 35 nitrogen and oxygen atoms in total. The van der Waals surface area contributed by atoms with E-state index in [4.69, 9.17) is 42.6 Å². The second-order valence-corrected chi connectivity index (χ2v) is 19.3. The maximum atomic E-state index is 12.5. The normalized spacial score (nSPS) is 43.7. The molecule has 0 aromatic rings. The standard InChI is InChI=1S/C36H61N3O32S2/c1-9(44)37-17-23(50)27(67-35-25(52)30(70-72(55,56)57)20(47)12(4-40)63-35)14(6-42)65-33(17)61-8-16-22(49)29(19(32(54)62-16)39-11(3)46)69-34-18(38-10(2)45)24(51)28(15(7-43)66-34)68-36-26(53)31(71-73(58,59)60)21(48)13(5-41)64-36/h12-36,40-43,47-54H,4-8H2,1-3H3,(H,37,44)(H,38,45)(H,39,46)(H,55,56,57)(H,58,59,60)/t12-,13-,14-,15-,16-,17-,18-,19-,20+,21+,22+,23-,24-,25-,26-,27-,28-,29-,30+,31+,32+,33-,34+,35+,36+/m1/s1. The van der Waals surface area contributed by atoms with E-state index in [1.165, 1.54) is 0 Å². The molecule has 17 N–H and O–H groups in total. The van der Waals surface area contributed by atoms with E-state index in [-0.39, 0.29) is 0 Å². The van der Waals surface area contributed by atoms with Crippen molar-refractivity contribution in [3.63, 3.8) is 0 Å². The Morgan fingerprint density at radius 1 is 0.425 bits per heavy atom. The summed E-state index contributed by atoms with van der Waals surface area (Å²) in [4.78, 5) is 37.3. The molecule has 73 heavy (non-hydrogen) atoms. The first-order valence-electron chi connectivity index (χ1n) is 21.9. The van der Waals surface area contributed by atoms with Gasteiger partial charge in [0, 0.05) is 20.8 Å². The van der Waals surface area contributed by atoms with Gasteiger partial charge >= 0.3 is 20.8 Å². The van der Waals surface area contributed by atoms with Crippen LogP contribution in [-0.4, -0.2) is 291 Å². The maximum Gasteiger partial charge on any atom is 0.397 e. The fourth-order valence-electron chi connectivity index (χ4n) is 8.62. The lowest BCUT2D eigenvalue weighted by Crippen LogP contribution is -2.71. The van der Waals surface area contributed by atoms with Crippen molar-refractivity contribution in [3.8, 4) is 0 Å². The van der Waals surface area contributed by atoms with Gasteiger partial charge in [0.1, 0.15) is 122 Å². The van der Waals surface area contributed by atoms with Crippen molar-refractivity contribution >= 4 is 38.5 Å². The molecule has 5 aliphatic rings. The molecular formula is C36H61N3O32S2. The largest absolute Gasteiger partial charge is 0.397 e. The van der Waals surface area contributed by atoms with E-state index in [1.807, 2.05) is 0 Å². The molecule has 3 amide bonds. The quantitative estimate of drug-likeness (QED) is 0.0503. The molecule has 5 rings (SSSR count). The van der Waals surface area contributed by atoms with Crippen LogP contribution in [0.15, 0.2) is 0 Å². The van der Waals surface area contributed by atoms with E-state index >= 15 is 0 Å². The third-order valence-electron chi connectivity index (χ3n) is 11.9. The molecule has 424 valence electrons. The zero-order chi connectivity index (χ0) is 54.6. The van der Waals surface area contributed by atoms with Crippen LogP contribution in [0.1, 0.15) is 20.8 Å². The molecule has 0 aliphatic carbocycles. The van der Waals surface area contributed by atoms with E-state index in [1.54, 1.807) is 0 Å². The summed E-state index contributed by atoms with van der Waals surface area (Å²) in [6.45, 7) is -2.17. The topological polar surface area (TPSA) is 540 Å². The molecule has 0 saturated carbocycles. The minimum atomic E-state index is -5.37. The first-order chi connectivity index (χ1) is 34.0.